The molecular formula is C18H21NO4. The number of esters is 1. The van der Waals surface area contributed by atoms with Crippen molar-refractivity contribution in [1.82, 2.24) is 4.98 Å². The second kappa shape index (κ2) is 8.17. The van der Waals surface area contributed by atoms with Crippen LogP contribution in [-0.2, 0) is 16.0 Å². The van der Waals surface area contributed by atoms with Crippen molar-refractivity contribution in [1.29, 1.82) is 0 Å². The van der Waals surface area contributed by atoms with Gasteiger partial charge in [0.2, 0.25) is 0 Å². The largest absolute Gasteiger partial charge is 0.493 e. The van der Waals surface area contributed by atoms with Gasteiger partial charge in [0, 0.05) is 24.4 Å². The Labute approximate surface area is 136 Å². The van der Waals surface area contributed by atoms with Crippen LogP contribution in [0, 0.1) is 0 Å². The van der Waals surface area contributed by atoms with Crippen LogP contribution in [0.25, 0.3) is 11.1 Å². The topological polar surface area (TPSA) is 57.7 Å². The quantitative estimate of drug-likeness (QED) is 0.734. The SMILES string of the molecule is CCOc1cc(-c2cnccc2CCC(=O)OC)ccc1OC. The molecule has 0 spiro atoms. The highest BCUT2D eigenvalue weighted by Crippen LogP contribution is 2.33. The van der Waals surface area contributed by atoms with Crippen LogP contribution in [0.4, 0.5) is 0 Å². The minimum absolute atomic E-state index is 0.225. The van der Waals surface area contributed by atoms with Gasteiger partial charge >= 0.3 is 5.97 Å². The molecule has 0 saturated heterocycles. The molecule has 0 N–H and O–H groups in total. The summed E-state index contributed by atoms with van der Waals surface area (Å²) in [6.07, 6.45) is 4.45. The molecule has 23 heavy (non-hydrogen) atoms. The van der Waals surface area contributed by atoms with Gasteiger partial charge in [0.15, 0.2) is 11.5 Å². The van der Waals surface area contributed by atoms with Gasteiger partial charge in [0.25, 0.3) is 0 Å². The van der Waals surface area contributed by atoms with Gasteiger partial charge in [-0.05, 0) is 42.7 Å². The lowest BCUT2D eigenvalue weighted by Gasteiger charge is -2.13. The van der Waals surface area contributed by atoms with Gasteiger partial charge in [-0.3, -0.25) is 9.78 Å². The third kappa shape index (κ3) is 4.22. The number of nitrogens with zero attached hydrogens (tertiary/aromatic N) is 1. The van der Waals surface area contributed by atoms with Gasteiger partial charge < -0.3 is 14.2 Å². The van der Waals surface area contributed by atoms with Crippen molar-refractivity contribution in [2.45, 2.75) is 19.8 Å². The molecule has 5 nitrogen and oxygen atoms in total. The number of methoxy groups -OCH3 is 2. The monoisotopic (exact) mass is 315 g/mol. The van der Waals surface area contributed by atoms with Crippen molar-refractivity contribution in [3.05, 3.63) is 42.2 Å². The lowest BCUT2D eigenvalue weighted by atomic mass is 9.98. The number of carbonyl (C=O) groups is 1. The summed E-state index contributed by atoms with van der Waals surface area (Å²) in [5.41, 5.74) is 2.99. The van der Waals surface area contributed by atoms with Crippen LogP contribution in [0.1, 0.15) is 18.9 Å². The number of hydrogen-bond donors (Lipinski definition) is 0. The summed E-state index contributed by atoms with van der Waals surface area (Å²) in [5.74, 6) is 1.16. The Hall–Kier alpha value is -2.56. The number of hydrogen-bond acceptors (Lipinski definition) is 5. The molecule has 0 aliphatic rings. The average Bonchev–Trinajstić information content (AvgIpc) is 2.60. The molecule has 2 aromatic rings. The standard InChI is InChI=1S/C18H21NO4/c1-4-23-17-11-14(5-7-16(17)21-2)15-12-19-10-9-13(15)6-8-18(20)22-3/h5,7,9-12H,4,6,8H2,1-3H3. The number of aryl methyl sites for hydroxylation is 1. The number of carbonyl (C=O) groups excluding carboxylic acids is 1. The summed E-state index contributed by atoms with van der Waals surface area (Å²) >= 11 is 0. The van der Waals surface area contributed by atoms with E-state index in [1.165, 1.54) is 7.11 Å². The van der Waals surface area contributed by atoms with Crippen molar-refractivity contribution in [3.8, 4) is 22.6 Å². The number of pyridine rings is 1. The van der Waals surface area contributed by atoms with Crippen LogP contribution in [0.5, 0.6) is 11.5 Å². The van der Waals surface area contributed by atoms with E-state index in [2.05, 4.69) is 4.98 Å². The Kier molecular flexibility index (Phi) is 5.97. The number of rotatable bonds is 7. The number of ether oxygens (including phenoxy) is 3. The summed E-state index contributed by atoms with van der Waals surface area (Å²) in [5, 5.41) is 0. The molecule has 0 radical (unpaired) electrons. The van der Waals surface area contributed by atoms with Crippen LogP contribution in [-0.4, -0.2) is 31.8 Å². The summed E-state index contributed by atoms with van der Waals surface area (Å²) in [7, 11) is 3.01. The van der Waals surface area contributed by atoms with Crippen LogP contribution < -0.4 is 9.47 Å². The van der Waals surface area contributed by atoms with Crippen LogP contribution in [0.3, 0.4) is 0 Å². The molecule has 0 fully saturated rings. The van der Waals surface area contributed by atoms with E-state index in [9.17, 15) is 4.79 Å². The summed E-state index contributed by atoms with van der Waals surface area (Å²) in [6, 6.07) is 7.68. The minimum atomic E-state index is -0.225. The van der Waals surface area contributed by atoms with E-state index in [1.54, 1.807) is 19.5 Å². The van der Waals surface area contributed by atoms with E-state index < -0.39 is 0 Å². The highest BCUT2D eigenvalue weighted by atomic mass is 16.5. The average molecular weight is 315 g/mol. The molecule has 0 unspecified atom stereocenters. The molecule has 0 bridgehead atoms. The first-order chi connectivity index (χ1) is 11.2. The van der Waals surface area contributed by atoms with Gasteiger partial charge in [-0.15, -0.1) is 0 Å². The predicted octanol–water partition coefficient (Wildman–Crippen LogP) is 3.26. The lowest BCUT2D eigenvalue weighted by Crippen LogP contribution is -2.03. The lowest BCUT2D eigenvalue weighted by molar-refractivity contribution is -0.140. The molecular weight excluding hydrogens is 294 g/mol. The van der Waals surface area contributed by atoms with Crippen LogP contribution in [0.15, 0.2) is 36.7 Å². The summed E-state index contributed by atoms with van der Waals surface area (Å²) in [6.45, 7) is 2.49. The molecule has 2 rings (SSSR count). The maximum atomic E-state index is 11.4. The Morgan fingerprint density at radius 2 is 2.00 bits per heavy atom. The first kappa shape index (κ1) is 16.8. The zero-order valence-electron chi connectivity index (χ0n) is 13.7. The Balaban J connectivity index is 2.34. The molecule has 1 aromatic heterocycles. The Morgan fingerprint density at radius 1 is 1.17 bits per heavy atom. The molecule has 5 heteroatoms. The van der Waals surface area contributed by atoms with Crippen LogP contribution in [0.2, 0.25) is 0 Å². The molecule has 0 atom stereocenters. The van der Waals surface area contributed by atoms with Crippen molar-refractivity contribution in [2.75, 3.05) is 20.8 Å². The summed E-state index contributed by atoms with van der Waals surface area (Å²) < 4.78 is 15.6. The zero-order valence-corrected chi connectivity index (χ0v) is 13.7. The molecule has 122 valence electrons. The van der Waals surface area contributed by atoms with Crippen molar-refractivity contribution in [2.24, 2.45) is 0 Å². The normalized spacial score (nSPS) is 10.2. The third-order valence-electron chi connectivity index (χ3n) is 3.51. The van der Waals surface area contributed by atoms with Gasteiger partial charge in [0.1, 0.15) is 0 Å². The maximum Gasteiger partial charge on any atom is 0.305 e. The Morgan fingerprint density at radius 3 is 2.70 bits per heavy atom. The third-order valence-corrected chi connectivity index (χ3v) is 3.51. The van der Waals surface area contributed by atoms with E-state index in [0.717, 1.165) is 16.7 Å². The molecule has 1 aromatic carbocycles. The summed E-state index contributed by atoms with van der Waals surface area (Å²) in [4.78, 5) is 15.6. The van der Waals surface area contributed by atoms with Gasteiger partial charge in [-0.2, -0.15) is 0 Å². The van der Waals surface area contributed by atoms with E-state index in [4.69, 9.17) is 14.2 Å². The second-order valence-electron chi connectivity index (χ2n) is 4.91. The first-order valence-electron chi connectivity index (χ1n) is 7.50. The van der Waals surface area contributed by atoms with Gasteiger partial charge in [-0.25, -0.2) is 0 Å². The minimum Gasteiger partial charge on any atom is -0.493 e. The highest BCUT2D eigenvalue weighted by Gasteiger charge is 2.11. The molecule has 0 aliphatic carbocycles. The zero-order chi connectivity index (χ0) is 16.7. The fourth-order valence-corrected chi connectivity index (χ4v) is 2.35. The molecule has 0 saturated carbocycles. The first-order valence-corrected chi connectivity index (χ1v) is 7.50. The fourth-order valence-electron chi connectivity index (χ4n) is 2.35. The smallest absolute Gasteiger partial charge is 0.305 e. The van der Waals surface area contributed by atoms with E-state index in [0.29, 0.717) is 30.9 Å². The number of benzene rings is 1. The van der Waals surface area contributed by atoms with Crippen molar-refractivity contribution >= 4 is 5.97 Å². The van der Waals surface area contributed by atoms with Crippen molar-refractivity contribution < 1.29 is 19.0 Å². The van der Waals surface area contributed by atoms with Crippen molar-refractivity contribution in [3.63, 3.8) is 0 Å². The fraction of sp³-hybridized carbons (Fsp3) is 0.333. The van der Waals surface area contributed by atoms with E-state index in [1.807, 2.05) is 31.2 Å². The molecule has 1 heterocycles. The second-order valence-corrected chi connectivity index (χ2v) is 4.91. The Bertz CT molecular complexity index is 670. The van der Waals surface area contributed by atoms with Gasteiger partial charge in [0.05, 0.1) is 20.8 Å². The van der Waals surface area contributed by atoms with E-state index >= 15 is 0 Å². The highest BCUT2D eigenvalue weighted by molar-refractivity contribution is 5.72. The number of aromatic nitrogens is 1. The molecule has 0 amide bonds. The predicted molar refractivity (Wildman–Crippen MR) is 87.7 cm³/mol. The molecule has 0 aliphatic heterocycles. The van der Waals surface area contributed by atoms with Gasteiger partial charge in [-0.1, -0.05) is 6.07 Å². The maximum absolute atomic E-state index is 11.4. The van der Waals surface area contributed by atoms with Crippen LogP contribution >= 0.6 is 0 Å². The van der Waals surface area contributed by atoms with E-state index in [-0.39, 0.29) is 5.97 Å².